The van der Waals surface area contributed by atoms with Gasteiger partial charge in [-0.3, -0.25) is 14.4 Å². The van der Waals surface area contributed by atoms with E-state index in [0.29, 0.717) is 6.42 Å². The third kappa shape index (κ3) is 2.55. The lowest BCUT2D eigenvalue weighted by atomic mass is 9.81. The average molecular weight is 340 g/mol. The number of fused-ring (bicyclic) bond motifs is 2. The van der Waals surface area contributed by atoms with E-state index in [1.165, 1.54) is 24.3 Å². The van der Waals surface area contributed by atoms with Crippen LogP contribution in [0.4, 0.5) is 0 Å². The molecule has 6 nitrogen and oxygen atoms in total. The van der Waals surface area contributed by atoms with Crippen LogP contribution in [0.1, 0.15) is 57.2 Å². The largest absolute Gasteiger partial charge is 0.507 e. The Morgan fingerprint density at radius 2 is 1.68 bits per heavy atom. The lowest BCUT2D eigenvalue weighted by molar-refractivity contribution is -0.118. The number of rotatable bonds is 4. The van der Waals surface area contributed by atoms with Gasteiger partial charge in [-0.25, -0.2) is 0 Å². The van der Waals surface area contributed by atoms with E-state index in [1.54, 1.807) is 6.92 Å². The van der Waals surface area contributed by atoms with Crippen LogP contribution in [0.3, 0.4) is 0 Å². The summed E-state index contributed by atoms with van der Waals surface area (Å²) in [4.78, 5) is 36.9. The SMILES string of the molecule is CCC(=O)CCc1cc(O)c2c(c1O)C(=O)c1c(O)cccc1C2=O. The molecule has 0 spiro atoms. The number of ketones is 3. The second-order valence-electron chi connectivity index (χ2n) is 5.90. The van der Waals surface area contributed by atoms with Crippen LogP contribution < -0.4 is 0 Å². The molecule has 2 aromatic rings. The highest BCUT2D eigenvalue weighted by molar-refractivity contribution is 6.31. The average Bonchev–Trinajstić information content (AvgIpc) is 2.59. The van der Waals surface area contributed by atoms with E-state index in [2.05, 4.69) is 0 Å². The molecule has 128 valence electrons. The van der Waals surface area contributed by atoms with E-state index in [-0.39, 0.29) is 52.2 Å². The molecule has 0 bridgehead atoms. The molecule has 0 saturated heterocycles. The molecular formula is C19H16O6. The molecule has 0 radical (unpaired) electrons. The molecule has 25 heavy (non-hydrogen) atoms. The Hall–Kier alpha value is -3.15. The molecule has 6 heteroatoms. The van der Waals surface area contributed by atoms with Crippen molar-refractivity contribution in [1.82, 2.24) is 0 Å². The molecule has 0 saturated carbocycles. The molecule has 0 heterocycles. The lowest BCUT2D eigenvalue weighted by Gasteiger charge is -2.21. The van der Waals surface area contributed by atoms with Crippen molar-refractivity contribution in [2.24, 2.45) is 0 Å². The van der Waals surface area contributed by atoms with Crippen LogP contribution in [0.25, 0.3) is 0 Å². The van der Waals surface area contributed by atoms with Crippen LogP contribution in [-0.2, 0) is 11.2 Å². The predicted octanol–water partition coefficient (Wildman–Crippen LogP) is 2.49. The van der Waals surface area contributed by atoms with E-state index in [0.717, 1.165) is 0 Å². The molecule has 0 aliphatic heterocycles. The van der Waals surface area contributed by atoms with Crippen LogP contribution in [-0.4, -0.2) is 32.7 Å². The number of aryl methyl sites for hydroxylation is 1. The predicted molar refractivity (Wildman–Crippen MR) is 88.4 cm³/mol. The van der Waals surface area contributed by atoms with Crippen LogP contribution in [0.5, 0.6) is 17.2 Å². The molecule has 0 atom stereocenters. The molecule has 0 unspecified atom stereocenters. The maximum absolute atomic E-state index is 12.7. The minimum Gasteiger partial charge on any atom is -0.507 e. The van der Waals surface area contributed by atoms with Crippen molar-refractivity contribution in [3.8, 4) is 17.2 Å². The fraction of sp³-hybridized carbons (Fsp3) is 0.211. The number of aromatic hydroxyl groups is 3. The summed E-state index contributed by atoms with van der Waals surface area (Å²) in [5.74, 6) is -2.65. The molecule has 1 aliphatic carbocycles. The maximum atomic E-state index is 12.7. The van der Waals surface area contributed by atoms with E-state index >= 15 is 0 Å². The summed E-state index contributed by atoms with van der Waals surface area (Å²) < 4.78 is 0. The Morgan fingerprint density at radius 1 is 0.960 bits per heavy atom. The van der Waals surface area contributed by atoms with Crippen molar-refractivity contribution in [3.05, 3.63) is 52.1 Å². The number of hydrogen-bond donors (Lipinski definition) is 3. The molecule has 1 aliphatic rings. The van der Waals surface area contributed by atoms with Crippen LogP contribution in [0.15, 0.2) is 24.3 Å². The molecule has 0 fully saturated rings. The van der Waals surface area contributed by atoms with Crippen LogP contribution in [0, 0.1) is 0 Å². The summed E-state index contributed by atoms with van der Waals surface area (Å²) in [5.41, 5.74) is -0.639. The van der Waals surface area contributed by atoms with E-state index < -0.39 is 23.1 Å². The zero-order valence-corrected chi connectivity index (χ0v) is 13.5. The van der Waals surface area contributed by atoms with Gasteiger partial charge in [0, 0.05) is 18.4 Å². The smallest absolute Gasteiger partial charge is 0.202 e. The molecule has 0 aromatic heterocycles. The normalized spacial score (nSPS) is 12.7. The van der Waals surface area contributed by atoms with Gasteiger partial charge >= 0.3 is 0 Å². The van der Waals surface area contributed by atoms with Gasteiger partial charge in [-0.15, -0.1) is 0 Å². The first-order valence-electron chi connectivity index (χ1n) is 7.87. The van der Waals surface area contributed by atoms with Crippen LogP contribution >= 0.6 is 0 Å². The van der Waals surface area contributed by atoms with Crippen molar-refractivity contribution in [2.75, 3.05) is 0 Å². The summed E-state index contributed by atoms with van der Waals surface area (Å²) in [6.07, 6.45) is 0.622. The van der Waals surface area contributed by atoms with Crippen molar-refractivity contribution in [3.63, 3.8) is 0 Å². The summed E-state index contributed by atoms with van der Waals surface area (Å²) in [5, 5.41) is 30.7. The van der Waals surface area contributed by atoms with Gasteiger partial charge in [-0.2, -0.15) is 0 Å². The fourth-order valence-electron chi connectivity index (χ4n) is 3.03. The Balaban J connectivity index is 2.17. The number of benzene rings is 2. The van der Waals surface area contributed by atoms with Gasteiger partial charge in [0.25, 0.3) is 0 Å². The Morgan fingerprint density at radius 3 is 2.36 bits per heavy atom. The summed E-state index contributed by atoms with van der Waals surface area (Å²) >= 11 is 0. The van der Waals surface area contributed by atoms with E-state index in [4.69, 9.17) is 0 Å². The highest BCUT2D eigenvalue weighted by atomic mass is 16.3. The Labute approximate surface area is 143 Å². The highest BCUT2D eigenvalue weighted by Gasteiger charge is 2.37. The third-order valence-electron chi connectivity index (χ3n) is 4.39. The standard InChI is InChI=1S/C19H16O6/c1-2-10(20)7-6-9-8-13(22)15-16(17(9)23)19(25)14-11(18(15)24)4-3-5-12(14)21/h3-5,8,21-23H,2,6-7H2,1H3. The monoisotopic (exact) mass is 340 g/mol. The summed E-state index contributed by atoms with van der Waals surface area (Å²) in [7, 11) is 0. The van der Waals surface area contributed by atoms with Gasteiger partial charge in [0.2, 0.25) is 5.78 Å². The van der Waals surface area contributed by atoms with Gasteiger partial charge in [-0.05, 0) is 24.1 Å². The number of phenols is 3. The van der Waals surface area contributed by atoms with Crippen molar-refractivity contribution in [1.29, 1.82) is 0 Å². The number of phenolic OH excluding ortho intramolecular Hbond substituents is 3. The Kier molecular flexibility index (Phi) is 4.04. The van der Waals surface area contributed by atoms with Crippen molar-refractivity contribution < 1.29 is 29.7 Å². The molecule has 0 amide bonds. The minimum absolute atomic E-state index is 0.0259. The number of Topliss-reactive ketones (excluding diaryl/α,β-unsaturated/α-hetero) is 1. The van der Waals surface area contributed by atoms with E-state index in [1.807, 2.05) is 0 Å². The Bertz CT molecular complexity index is 926. The number of carbonyl (C=O) groups excluding carboxylic acids is 3. The van der Waals surface area contributed by atoms with Gasteiger partial charge in [0.15, 0.2) is 5.78 Å². The summed E-state index contributed by atoms with van der Waals surface area (Å²) in [6, 6.07) is 5.28. The fourth-order valence-corrected chi connectivity index (χ4v) is 3.03. The third-order valence-corrected chi connectivity index (χ3v) is 4.39. The molecule has 2 aromatic carbocycles. The van der Waals surface area contributed by atoms with E-state index in [9.17, 15) is 29.7 Å². The van der Waals surface area contributed by atoms with Crippen LogP contribution in [0.2, 0.25) is 0 Å². The second-order valence-corrected chi connectivity index (χ2v) is 5.90. The first kappa shape index (κ1) is 16.7. The number of carbonyl (C=O) groups is 3. The maximum Gasteiger partial charge on any atom is 0.202 e. The second kappa shape index (κ2) is 6.05. The van der Waals surface area contributed by atoms with Gasteiger partial charge in [-0.1, -0.05) is 19.1 Å². The zero-order valence-electron chi connectivity index (χ0n) is 13.5. The topological polar surface area (TPSA) is 112 Å². The summed E-state index contributed by atoms with van der Waals surface area (Å²) in [6.45, 7) is 1.72. The zero-order chi connectivity index (χ0) is 18.3. The number of hydrogen-bond acceptors (Lipinski definition) is 6. The van der Waals surface area contributed by atoms with Gasteiger partial charge < -0.3 is 15.3 Å². The van der Waals surface area contributed by atoms with Gasteiger partial charge in [0.1, 0.15) is 23.0 Å². The highest BCUT2D eigenvalue weighted by Crippen LogP contribution is 2.42. The quantitative estimate of drug-likeness (QED) is 0.629. The van der Waals surface area contributed by atoms with Crippen molar-refractivity contribution in [2.45, 2.75) is 26.2 Å². The molecule has 3 N–H and O–H groups in total. The molecular weight excluding hydrogens is 324 g/mol. The minimum atomic E-state index is -0.737. The van der Waals surface area contributed by atoms with Crippen molar-refractivity contribution >= 4 is 17.3 Å². The lowest BCUT2D eigenvalue weighted by Crippen LogP contribution is -2.22. The first-order valence-corrected chi connectivity index (χ1v) is 7.87. The van der Waals surface area contributed by atoms with Gasteiger partial charge in [0.05, 0.1) is 16.7 Å². The first-order chi connectivity index (χ1) is 11.9. The molecule has 3 rings (SSSR count).